The summed E-state index contributed by atoms with van der Waals surface area (Å²) < 4.78 is 26.5. The molecule has 2 aliphatic heterocycles. The largest absolute Gasteiger partial charge is 0.340 e. The standard InChI is InChI=1S/C21H20N6O3S/c1-13(28)26-15-8-6-14(7-9-15)18-11-23-20-19(18)21(25-12-24-20)27-16-4-3-5-17(10-16)31(29,30)22-2/h3-12,22H,1-2H3,(H,26,28)(H2,23,24,25,27). The summed E-state index contributed by atoms with van der Waals surface area (Å²) in [5, 5.41) is 5.94. The minimum atomic E-state index is -3.57. The monoisotopic (exact) mass is 436 g/mol. The van der Waals surface area contributed by atoms with Crippen LogP contribution in [0.1, 0.15) is 6.92 Å². The normalized spacial score (nSPS) is 11.4. The van der Waals surface area contributed by atoms with E-state index in [1.807, 2.05) is 24.3 Å². The van der Waals surface area contributed by atoms with Crippen LogP contribution in [0.5, 0.6) is 0 Å². The number of benzene rings is 2. The van der Waals surface area contributed by atoms with Crippen molar-refractivity contribution in [3.63, 3.8) is 0 Å². The van der Waals surface area contributed by atoms with Crippen molar-refractivity contribution in [2.75, 3.05) is 17.7 Å². The van der Waals surface area contributed by atoms with Crippen LogP contribution in [0.15, 0.2) is 66.0 Å². The molecule has 1 amide bonds. The van der Waals surface area contributed by atoms with E-state index < -0.39 is 10.0 Å². The molecule has 0 atom stereocenters. The minimum absolute atomic E-state index is 0.138. The maximum atomic E-state index is 12.1. The smallest absolute Gasteiger partial charge is 0.240 e. The Balaban J connectivity index is 1.71. The lowest BCUT2D eigenvalue weighted by atomic mass is 10.0. The Morgan fingerprint density at radius 2 is 1.81 bits per heavy atom. The van der Waals surface area contributed by atoms with Gasteiger partial charge < -0.3 is 15.6 Å². The molecule has 0 radical (unpaired) electrons. The van der Waals surface area contributed by atoms with Crippen LogP contribution in [0.2, 0.25) is 0 Å². The van der Waals surface area contributed by atoms with E-state index in [4.69, 9.17) is 0 Å². The average molecular weight is 436 g/mol. The summed E-state index contributed by atoms with van der Waals surface area (Å²) >= 11 is 0. The molecule has 158 valence electrons. The number of hydrogen-bond donors (Lipinski definition) is 4. The number of amides is 1. The molecule has 0 saturated heterocycles. The number of hydrogen-bond acceptors (Lipinski definition) is 6. The number of nitrogens with one attached hydrogen (secondary N) is 4. The van der Waals surface area contributed by atoms with Gasteiger partial charge in [-0.05, 0) is 42.9 Å². The molecule has 2 aliphatic rings. The first kappa shape index (κ1) is 20.5. The van der Waals surface area contributed by atoms with Crippen LogP contribution in [0, 0.1) is 0 Å². The number of fused-ring (bicyclic) bond motifs is 1. The number of carbonyl (C=O) groups is 1. The van der Waals surface area contributed by atoms with Gasteiger partial charge in [-0.3, -0.25) is 4.79 Å². The van der Waals surface area contributed by atoms with Gasteiger partial charge in [0.05, 0.1) is 16.8 Å². The van der Waals surface area contributed by atoms with Crippen molar-refractivity contribution >= 4 is 33.1 Å². The number of aromatic amines is 1. The molecule has 0 aliphatic carbocycles. The van der Waals surface area contributed by atoms with E-state index in [0.717, 1.165) is 16.7 Å². The van der Waals surface area contributed by atoms with Crippen LogP contribution in [0.25, 0.3) is 22.5 Å². The third-order valence-corrected chi connectivity index (χ3v) is 6.06. The first-order valence-corrected chi connectivity index (χ1v) is 10.9. The van der Waals surface area contributed by atoms with Gasteiger partial charge in [-0.2, -0.15) is 0 Å². The van der Waals surface area contributed by atoms with Gasteiger partial charge in [-0.25, -0.2) is 23.1 Å². The Morgan fingerprint density at radius 3 is 2.52 bits per heavy atom. The lowest BCUT2D eigenvalue weighted by Gasteiger charge is -2.13. The molecule has 0 spiro atoms. The molecule has 4 rings (SSSR count). The Labute approximate surface area is 179 Å². The fraction of sp³-hybridized carbons (Fsp3) is 0.0952. The van der Waals surface area contributed by atoms with Crippen LogP contribution in [0.4, 0.5) is 17.2 Å². The zero-order valence-electron chi connectivity index (χ0n) is 16.8. The highest BCUT2D eigenvalue weighted by molar-refractivity contribution is 7.89. The molecular formula is C21H20N6O3S. The van der Waals surface area contributed by atoms with E-state index >= 15 is 0 Å². The van der Waals surface area contributed by atoms with Crippen molar-refractivity contribution < 1.29 is 13.2 Å². The highest BCUT2D eigenvalue weighted by atomic mass is 32.2. The molecule has 0 saturated carbocycles. The summed E-state index contributed by atoms with van der Waals surface area (Å²) in [5.41, 5.74) is 3.77. The highest BCUT2D eigenvalue weighted by Crippen LogP contribution is 2.38. The van der Waals surface area contributed by atoms with Gasteiger partial charge in [0.2, 0.25) is 15.9 Å². The van der Waals surface area contributed by atoms with Crippen LogP contribution >= 0.6 is 0 Å². The molecule has 0 unspecified atom stereocenters. The maximum Gasteiger partial charge on any atom is 0.240 e. The summed E-state index contributed by atoms with van der Waals surface area (Å²) in [5.74, 6) is 1.03. The van der Waals surface area contributed by atoms with Crippen LogP contribution in [0.3, 0.4) is 0 Å². The number of aromatic nitrogens is 3. The van der Waals surface area contributed by atoms with E-state index in [1.54, 1.807) is 18.3 Å². The lowest BCUT2D eigenvalue weighted by Crippen LogP contribution is -2.18. The number of H-pyrrole nitrogens is 1. The van der Waals surface area contributed by atoms with Crippen molar-refractivity contribution in [3.8, 4) is 22.5 Å². The molecular weight excluding hydrogens is 416 g/mol. The first-order valence-electron chi connectivity index (χ1n) is 9.38. The summed E-state index contributed by atoms with van der Waals surface area (Å²) in [4.78, 5) is 23.2. The average Bonchev–Trinajstić information content (AvgIpc) is 3.19. The zero-order valence-corrected chi connectivity index (χ0v) is 17.6. The molecule has 2 aromatic carbocycles. The van der Waals surface area contributed by atoms with Crippen molar-refractivity contribution in [1.82, 2.24) is 19.7 Å². The third-order valence-electron chi connectivity index (χ3n) is 4.65. The van der Waals surface area contributed by atoms with Crippen LogP contribution in [-0.4, -0.2) is 36.3 Å². The SMILES string of the molecule is CNS(=O)(=O)c1cccc(Nc2nc[nH]c3ncc(-c4ccc(NC(C)=O)cc4)c2-3)c1. The molecule has 2 heterocycles. The van der Waals surface area contributed by atoms with Gasteiger partial charge >= 0.3 is 0 Å². The lowest BCUT2D eigenvalue weighted by molar-refractivity contribution is -0.114. The summed E-state index contributed by atoms with van der Waals surface area (Å²) in [6, 6.07) is 13.9. The van der Waals surface area contributed by atoms with Gasteiger partial charge in [-0.1, -0.05) is 18.2 Å². The minimum Gasteiger partial charge on any atom is -0.340 e. The Morgan fingerprint density at radius 1 is 1.03 bits per heavy atom. The van der Waals surface area contributed by atoms with E-state index in [9.17, 15) is 13.2 Å². The van der Waals surface area contributed by atoms with Crippen molar-refractivity contribution in [1.29, 1.82) is 0 Å². The molecule has 0 aromatic heterocycles. The van der Waals surface area contributed by atoms with Crippen LogP contribution in [-0.2, 0) is 14.8 Å². The third kappa shape index (κ3) is 4.25. The predicted molar refractivity (Wildman–Crippen MR) is 119 cm³/mol. The quantitative estimate of drug-likeness (QED) is 0.367. The van der Waals surface area contributed by atoms with Gasteiger partial charge in [0, 0.05) is 30.1 Å². The Bertz CT molecular complexity index is 1320. The van der Waals surface area contributed by atoms with E-state index in [-0.39, 0.29) is 10.8 Å². The van der Waals surface area contributed by atoms with Gasteiger partial charge in [0.1, 0.15) is 11.6 Å². The Kier molecular flexibility index (Phi) is 5.40. The van der Waals surface area contributed by atoms with E-state index in [0.29, 0.717) is 23.0 Å². The molecule has 4 N–H and O–H groups in total. The second-order valence-electron chi connectivity index (χ2n) is 6.77. The predicted octanol–water partition coefficient (Wildman–Crippen LogP) is 3.19. The van der Waals surface area contributed by atoms with E-state index in [1.165, 1.54) is 32.4 Å². The molecule has 0 fully saturated rings. The fourth-order valence-electron chi connectivity index (χ4n) is 3.20. The highest BCUT2D eigenvalue weighted by Gasteiger charge is 2.20. The number of carbonyl (C=O) groups excluding carboxylic acids is 1. The molecule has 0 bridgehead atoms. The van der Waals surface area contributed by atoms with Gasteiger partial charge in [0.25, 0.3) is 0 Å². The van der Waals surface area contributed by atoms with Gasteiger partial charge in [0.15, 0.2) is 0 Å². The Hall–Kier alpha value is -3.76. The van der Waals surface area contributed by atoms with Crippen molar-refractivity contribution in [3.05, 3.63) is 61.1 Å². The number of rotatable bonds is 6. The molecule has 31 heavy (non-hydrogen) atoms. The summed E-state index contributed by atoms with van der Waals surface area (Å²) in [6.45, 7) is 1.46. The molecule has 2 aromatic rings. The molecule has 10 heteroatoms. The van der Waals surface area contributed by atoms with Crippen molar-refractivity contribution in [2.45, 2.75) is 11.8 Å². The van der Waals surface area contributed by atoms with Crippen molar-refractivity contribution in [2.24, 2.45) is 0 Å². The van der Waals surface area contributed by atoms with Crippen LogP contribution < -0.4 is 15.4 Å². The fourth-order valence-corrected chi connectivity index (χ4v) is 3.98. The number of anilines is 3. The zero-order chi connectivity index (χ0) is 22.0. The second kappa shape index (κ2) is 8.17. The summed E-state index contributed by atoms with van der Waals surface area (Å²) in [6.07, 6.45) is 3.26. The topological polar surface area (TPSA) is 129 Å². The van der Waals surface area contributed by atoms with E-state index in [2.05, 4.69) is 30.3 Å². The second-order valence-corrected chi connectivity index (χ2v) is 8.65. The van der Waals surface area contributed by atoms with Gasteiger partial charge in [-0.15, -0.1) is 0 Å². The first-order chi connectivity index (χ1) is 14.9. The number of nitrogens with zero attached hydrogens (tertiary/aromatic N) is 2. The molecule has 9 nitrogen and oxygen atoms in total. The maximum absolute atomic E-state index is 12.1. The summed E-state index contributed by atoms with van der Waals surface area (Å²) in [7, 11) is -2.20. The number of sulfonamides is 1.